The Kier molecular flexibility index (Phi) is 6.57. The van der Waals surface area contributed by atoms with Gasteiger partial charge in [-0.2, -0.15) is 5.10 Å². The molecule has 0 aromatic heterocycles. The predicted molar refractivity (Wildman–Crippen MR) is 106 cm³/mol. The van der Waals surface area contributed by atoms with Crippen LogP contribution in [0.4, 0.5) is 24.5 Å². The summed E-state index contributed by atoms with van der Waals surface area (Å²) in [4.78, 5) is 14.7. The molecule has 12 heteroatoms. The molecule has 0 amide bonds. The van der Waals surface area contributed by atoms with Gasteiger partial charge in [-0.25, -0.2) is 10.0 Å². The Hall–Kier alpha value is -3.12. The number of nitrogens with zero attached hydrogens (tertiary/aromatic N) is 4. The number of amidine groups is 1. The van der Waals surface area contributed by atoms with Crippen LogP contribution >= 0.6 is 11.8 Å². The van der Waals surface area contributed by atoms with Gasteiger partial charge in [0.05, 0.1) is 29.5 Å². The maximum atomic E-state index is 12.3. The summed E-state index contributed by atoms with van der Waals surface area (Å²) in [5.74, 6) is 0.0711. The molecule has 0 saturated carbocycles. The highest BCUT2D eigenvalue weighted by molar-refractivity contribution is 8.14. The smallest absolute Gasteiger partial charge is 0.406 e. The minimum atomic E-state index is -4.77. The Morgan fingerprint density at radius 2 is 1.87 bits per heavy atom. The van der Waals surface area contributed by atoms with Gasteiger partial charge in [0.15, 0.2) is 5.17 Å². The van der Waals surface area contributed by atoms with Crippen molar-refractivity contribution in [2.45, 2.75) is 6.36 Å². The van der Waals surface area contributed by atoms with E-state index < -0.39 is 11.3 Å². The van der Waals surface area contributed by atoms with Gasteiger partial charge >= 0.3 is 6.36 Å². The van der Waals surface area contributed by atoms with Crippen molar-refractivity contribution in [1.29, 1.82) is 0 Å². The van der Waals surface area contributed by atoms with Crippen LogP contribution in [0.25, 0.3) is 0 Å². The van der Waals surface area contributed by atoms with Gasteiger partial charge in [-0.3, -0.25) is 10.1 Å². The number of hydrogen-bond donors (Lipinski definition) is 1. The Balaban J connectivity index is 1.80. The first kappa shape index (κ1) is 21.6. The van der Waals surface area contributed by atoms with Gasteiger partial charge in [0.1, 0.15) is 5.75 Å². The lowest BCUT2D eigenvalue weighted by molar-refractivity contribution is -0.384. The molecule has 0 atom stereocenters. The van der Waals surface area contributed by atoms with Crippen LogP contribution < -0.4 is 4.74 Å². The summed E-state index contributed by atoms with van der Waals surface area (Å²) in [5, 5.41) is 26.5. The Labute approximate surface area is 172 Å². The molecule has 0 spiro atoms. The number of halogens is 3. The number of hydrazone groups is 1. The van der Waals surface area contributed by atoms with Gasteiger partial charge < -0.3 is 9.84 Å². The first-order valence-electron chi connectivity index (χ1n) is 8.53. The lowest BCUT2D eigenvalue weighted by atomic mass is 10.1. The molecule has 0 fully saturated rings. The number of thioether (sulfide) groups is 1. The van der Waals surface area contributed by atoms with Crippen LogP contribution in [-0.4, -0.2) is 51.2 Å². The summed E-state index contributed by atoms with van der Waals surface area (Å²) in [6.07, 6.45) is -4.77. The van der Waals surface area contributed by atoms with E-state index in [1.54, 1.807) is 12.1 Å². The van der Waals surface area contributed by atoms with E-state index in [1.807, 2.05) is 0 Å². The number of rotatable bonds is 6. The zero-order valence-corrected chi connectivity index (χ0v) is 16.1. The topological polar surface area (TPSA) is 101 Å². The third-order valence-electron chi connectivity index (χ3n) is 3.82. The molecule has 3 rings (SSSR count). The molecular formula is C18H15F3N4O4S. The van der Waals surface area contributed by atoms with Gasteiger partial charge in [-0.05, 0) is 42.0 Å². The van der Waals surface area contributed by atoms with E-state index in [2.05, 4.69) is 14.8 Å². The third-order valence-corrected chi connectivity index (χ3v) is 4.80. The molecule has 0 aliphatic carbocycles. The first-order chi connectivity index (χ1) is 14.2. The minimum Gasteiger partial charge on any atom is -0.406 e. The van der Waals surface area contributed by atoms with E-state index in [4.69, 9.17) is 0 Å². The molecule has 30 heavy (non-hydrogen) atoms. The maximum Gasteiger partial charge on any atom is 0.573 e. The van der Waals surface area contributed by atoms with E-state index in [0.717, 1.165) is 12.1 Å². The van der Waals surface area contributed by atoms with Crippen LogP contribution in [0.5, 0.6) is 5.75 Å². The second-order valence-corrected chi connectivity index (χ2v) is 6.86. The molecular weight excluding hydrogens is 425 g/mol. The van der Waals surface area contributed by atoms with Crippen LogP contribution in [0, 0.1) is 10.1 Å². The highest BCUT2D eigenvalue weighted by Crippen LogP contribution is 2.27. The monoisotopic (exact) mass is 440 g/mol. The SMILES string of the molecule is O=[N+]([O-])c1ccc(C2=NN(CCO)C(=Nc3ccc(OC(F)(F)F)cc3)SC2)cc1. The molecule has 0 bridgehead atoms. The van der Waals surface area contributed by atoms with Gasteiger partial charge in [-0.1, -0.05) is 11.8 Å². The Bertz CT molecular complexity index is 963. The van der Waals surface area contributed by atoms with E-state index in [-0.39, 0.29) is 24.6 Å². The molecule has 2 aromatic rings. The summed E-state index contributed by atoms with van der Waals surface area (Å²) < 4.78 is 40.6. The number of alkyl halides is 3. The molecule has 0 radical (unpaired) electrons. The molecule has 0 unspecified atom stereocenters. The van der Waals surface area contributed by atoms with Gasteiger partial charge in [0, 0.05) is 17.9 Å². The molecule has 8 nitrogen and oxygen atoms in total. The number of ether oxygens (including phenoxy) is 1. The fraction of sp³-hybridized carbons (Fsp3) is 0.222. The van der Waals surface area contributed by atoms with Gasteiger partial charge in [-0.15, -0.1) is 13.2 Å². The second kappa shape index (κ2) is 9.13. The van der Waals surface area contributed by atoms with Crippen molar-refractivity contribution in [2.24, 2.45) is 10.1 Å². The molecule has 1 N–H and O–H groups in total. The summed E-state index contributed by atoms with van der Waals surface area (Å²) in [7, 11) is 0. The third kappa shape index (κ3) is 5.70. The van der Waals surface area contributed by atoms with Gasteiger partial charge in [0.25, 0.3) is 5.69 Å². The number of nitro groups is 1. The Morgan fingerprint density at radius 1 is 1.20 bits per heavy atom. The number of β-amino-alcohol motifs (C(OH)–C–C–N with tert-alkyl or cyclic N) is 1. The molecule has 1 aliphatic rings. The number of hydrogen-bond acceptors (Lipinski definition) is 7. The number of nitro benzene ring substituents is 1. The molecule has 158 valence electrons. The number of aliphatic hydroxyl groups excluding tert-OH is 1. The van der Waals surface area contributed by atoms with Crippen LogP contribution in [0.3, 0.4) is 0 Å². The fourth-order valence-electron chi connectivity index (χ4n) is 2.50. The molecule has 1 aliphatic heterocycles. The summed E-state index contributed by atoms with van der Waals surface area (Å²) >= 11 is 1.32. The van der Waals surface area contributed by atoms with Crippen molar-refractivity contribution < 1.29 is 27.9 Å². The first-order valence-corrected chi connectivity index (χ1v) is 9.52. The molecule has 2 aromatic carbocycles. The lowest BCUT2D eigenvalue weighted by Gasteiger charge is -2.25. The van der Waals surface area contributed by atoms with Crippen LogP contribution in [0.2, 0.25) is 0 Å². The van der Waals surface area contributed by atoms with Crippen molar-refractivity contribution in [3.63, 3.8) is 0 Å². The summed E-state index contributed by atoms with van der Waals surface area (Å²) in [5.41, 5.74) is 1.71. The zero-order chi connectivity index (χ0) is 21.7. The van der Waals surface area contributed by atoms with Crippen LogP contribution in [0.15, 0.2) is 58.6 Å². The summed E-state index contributed by atoms with van der Waals surface area (Å²) in [6, 6.07) is 11.0. The molecule has 1 heterocycles. The van der Waals surface area contributed by atoms with E-state index >= 15 is 0 Å². The zero-order valence-electron chi connectivity index (χ0n) is 15.2. The summed E-state index contributed by atoms with van der Waals surface area (Å²) in [6.45, 7) is -0.0490. The van der Waals surface area contributed by atoms with E-state index in [0.29, 0.717) is 27.9 Å². The van der Waals surface area contributed by atoms with Crippen molar-refractivity contribution in [1.82, 2.24) is 5.01 Å². The molecule has 0 saturated heterocycles. The highest BCUT2D eigenvalue weighted by atomic mass is 32.2. The van der Waals surface area contributed by atoms with Crippen molar-refractivity contribution >= 4 is 34.0 Å². The van der Waals surface area contributed by atoms with Crippen molar-refractivity contribution in [3.8, 4) is 5.75 Å². The predicted octanol–water partition coefficient (Wildman–Crippen LogP) is 3.93. The normalized spacial score (nSPS) is 15.8. The van der Waals surface area contributed by atoms with Crippen LogP contribution in [0.1, 0.15) is 5.56 Å². The van der Waals surface area contributed by atoms with Crippen molar-refractivity contribution in [3.05, 3.63) is 64.2 Å². The standard InChI is InChI=1S/C18H15F3N4O4S/c19-18(20,21)29-15-7-3-13(4-8-15)22-17-24(9-10-26)23-16(11-30-17)12-1-5-14(6-2-12)25(27)28/h1-8,26H,9-11H2. The van der Waals surface area contributed by atoms with Gasteiger partial charge in [0.2, 0.25) is 0 Å². The maximum absolute atomic E-state index is 12.3. The largest absolute Gasteiger partial charge is 0.573 e. The highest BCUT2D eigenvalue weighted by Gasteiger charge is 2.31. The van der Waals surface area contributed by atoms with Crippen LogP contribution in [-0.2, 0) is 0 Å². The lowest BCUT2D eigenvalue weighted by Crippen LogP contribution is -2.33. The number of aliphatic imine (C=N–C) groups is 1. The quantitative estimate of drug-likeness (QED) is 0.540. The Morgan fingerprint density at radius 3 is 2.43 bits per heavy atom. The van der Waals surface area contributed by atoms with E-state index in [9.17, 15) is 28.4 Å². The fourth-order valence-corrected chi connectivity index (χ4v) is 3.45. The minimum absolute atomic E-state index is 0.0322. The number of non-ortho nitro benzene ring substituents is 1. The number of benzene rings is 2. The number of aliphatic hydroxyl groups is 1. The second-order valence-electron chi connectivity index (χ2n) is 5.92. The van der Waals surface area contributed by atoms with Crippen molar-refractivity contribution in [2.75, 3.05) is 18.9 Å². The van der Waals surface area contributed by atoms with E-state index in [1.165, 1.54) is 41.0 Å². The average molecular weight is 440 g/mol. The average Bonchev–Trinajstić information content (AvgIpc) is 2.70.